The molecule has 0 heterocycles. The Kier molecular flexibility index (Phi) is 7.96. The van der Waals surface area contributed by atoms with Crippen molar-refractivity contribution in [2.45, 2.75) is 92.9 Å². The number of benzene rings is 13. The number of fused-ring (bicyclic) bond motifs is 11. The zero-order valence-electron chi connectivity index (χ0n) is 42.0. The summed E-state index contributed by atoms with van der Waals surface area (Å²) in [5.41, 5.74) is 11.2. The van der Waals surface area contributed by atoms with Crippen LogP contribution >= 0.6 is 0 Å². The average molecular weight is 897 g/mol. The number of hydrogen-bond donors (Lipinski definition) is 0. The van der Waals surface area contributed by atoms with E-state index in [2.05, 4.69) is 203 Å². The van der Waals surface area contributed by atoms with Crippen LogP contribution in [0.25, 0.3) is 151 Å². The van der Waals surface area contributed by atoms with Crippen LogP contribution in [0.15, 0.2) is 133 Å². The highest BCUT2D eigenvalue weighted by molar-refractivity contribution is 6.46. The second-order valence-corrected chi connectivity index (χ2v) is 22.6. The lowest BCUT2D eigenvalue weighted by Crippen LogP contribution is -1.98. The van der Waals surface area contributed by atoms with Gasteiger partial charge in [0, 0.05) is 0 Å². The minimum absolute atomic E-state index is 0.316. The summed E-state index contributed by atoms with van der Waals surface area (Å²) in [6.45, 7) is 23.7. The zero-order valence-corrected chi connectivity index (χ0v) is 42.0. The summed E-state index contributed by atoms with van der Waals surface area (Å²) in [7, 11) is 0. The van der Waals surface area contributed by atoms with Crippen LogP contribution in [0.1, 0.15) is 112 Å². The number of rotatable bonds is 5. The summed E-state index contributed by atoms with van der Waals surface area (Å²) in [4.78, 5) is 0. The zero-order chi connectivity index (χ0) is 47.5. The van der Waals surface area contributed by atoms with Gasteiger partial charge in [-0.25, -0.2) is 0 Å². The Morgan fingerprint density at radius 1 is 0.271 bits per heavy atom. The summed E-state index contributed by atoms with van der Waals surface area (Å²) in [5.74, 6) is 1.49. The Hall–Kier alpha value is -7.28. The fraction of sp³-hybridized carbons (Fsp3) is 0.200. The third-order valence-electron chi connectivity index (χ3n) is 17.5. The molecular formula is C70H56. The first-order chi connectivity index (χ1) is 33.9. The molecule has 0 atom stereocenters. The first-order valence-electron chi connectivity index (χ1n) is 26.0. The Labute approximate surface area is 408 Å². The van der Waals surface area contributed by atoms with Crippen molar-refractivity contribution in [2.75, 3.05) is 0 Å². The molecule has 0 spiro atoms. The van der Waals surface area contributed by atoms with Gasteiger partial charge in [-0.1, -0.05) is 177 Å². The topological polar surface area (TPSA) is 0 Å². The maximum Gasteiger partial charge on any atom is -0.00137 e. The molecule has 0 radical (unpaired) electrons. The Morgan fingerprint density at radius 2 is 0.714 bits per heavy atom. The highest BCUT2D eigenvalue weighted by atomic mass is 14.3. The monoisotopic (exact) mass is 896 g/mol. The van der Waals surface area contributed by atoms with Crippen molar-refractivity contribution in [1.29, 1.82) is 0 Å². The Morgan fingerprint density at radius 3 is 1.27 bits per heavy atom. The molecule has 0 N–H and O–H groups in total. The molecule has 0 amide bonds. The van der Waals surface area contributed by atoms with E-state index in [0.29, 0.717) is 23.7 Å². The fourth-order valence-electron chi connectivity index (χ4n) is 14.7. The van der Waals surface area contributed by atoms with Gasteiger partial charge in [0.05, 0.1) is 0 Å². The lowest BCUT2D eigenvalue weighted by molar-refractivity contribution is 0.869. The highest BCUT2D eigenvalue weighted by Crippen LogP contribution is 2.55. The minimum Gasteiger partial charge on any atom is -0.0617 e. The van der Waals surface area contributed by atoms with Gasteiger partial charge in [0.1, 0.15) is 0 Å². The van der Waals surface area contributed by atoms with Crippen LogP contribution in [0.3, 0.4) is 0 Å². The van der Waals surface area contributed by atoms with Crippen molar-refractivity contribution in [1.82, 2.24) is 0 Å². The molecule has 0 aliphatic rings. The van der Waals surface area contributed by atoms with Crippen LogP contribution in [0.5, 0.6) is 0 Å². The van der Waals surface area contributed by atoms with E-state index in [1.54, 1.807) is 0 Å². The van der Waals surface area contributed by atoms with E-state index in [1.807, 2.05) is 0 Å². The molecule has 0 saturated heterocycles. The van der Waals surface area contributed by atoms with Crippen LogP contribution in [0.2, 0.25) is 0 Å². The molecule has 15 aromatic carbocycles. The first-order valence-corrected chi connectivity index (χ1v) is 26.0. The third-order valence-corrected chi connectivity index (χ3v) is 17.5. The lowest BCUT2D eigenvalue weighted by atomic mass is 9.83. The van der Waals surface area contributed by atoms with Gasteiger partial charge in [-0.2, -0.15) is 0 Å². The minimum atomic E-state index is 0.316. The van der Waals surface area contributed by atoms with Crippen LogP contribution in [-0.4, -0.2) is 0 Å². The normalized spacial score (nSPS) is 13.2. The molecule has 0 aromatic heterocycles. The molecule has 0 heteroatoms. The molecular weight excluding hydrogens is 841 g/mol. The van der Waals surface area contributed by atoms with E-state index in [-0.39, 0.29) is 0 Å². The molecule has 70 heavy (non-hydrogen) atoms. The summed E-state index contributed by atoms with van der Waals surface area (Å²) in [6, 6.07) is 53.4. The molecule has 0 aliphatic carbocycles. The average Bonchev–Trinajstić information content (AvgIpc) is 3.85. The van der Waals surface area contributed by atoms with Gasteiger partial charge in [-0.05, 0) is 234 Å². The van der Waals surface area contributed by atoms with Gasteiger partial charge in [0.2, 0.25) is 0 Å². The van der Waals surface area contributed by atoms with Crippen LogP contribution < -0.4 is 0 Å². The molecule has 0 bridgehead atoms. The lowest BCUT2D eigenvalue weighted by Gasteiger charge is -2.20. The number of hydrogen-bond acceptors (Lipinski definition) is 0. The van der Waals surface area contributed by atoms with Crippen molar-refractivity contribution in [3.05, 3.63) is 167 Å². The fourth-order valence-corrected chi connectivity index (χ4v) is 14.7. The second kappa shape index (κ2) is 13.7. The standard InChI is InChI=1S/C70H56/c1-33(2)40-29-39-17-18-41(34(3)4)64-51-27-28-53-68-52(26-25-50(67(51)68)56(30-40)62(39)64)69-59(35(5)6)57-31-54-48-23-21-46-43-16-12-15-42-44(61-37(9)13-11-14-38(61)10)19-20-45(63(42)43)47-22-24-49(66(48)65(46)47)55(54)32-58(57)60(36(7)8)70(53)69/h11-36H,1-10H3. The molecule has 15 rings (SSSR count). The van der Waals surface area contributed by atoms with Crippen molar-refractivity contribution in [3.63, 3.8) is 0 Å². The van der Waals surface area contributed by atoms with Crippen molar-refractivity contribution >= 4 is 140 Å². The van der Waals surface area contributed by atoms with Crippen molar-refractivity contribution in [3.8, 4) is 11.1 Å². The van der Waals surface area contributed by atoms with E-state index in [9.17, 15) is 0 Å². The van der Waals surface area contributed by atoms with Crippen LogP contribution in [0, 0.1) is 13.8 Å². The van der Waals surface area contributed by atoms with Gasteiger partial charge in [-0.3, -0.25) is 0 Å². The van der Waals surface area contributed by atoms with Gasteiger partial charge in [-0.15, -0.1) is 0 Å². The quantitative estimate of drug-likeness (QED) is 0.119. The molecule has 0 fully saturated rings. The van der Waals surface area contributed by atoms with E-state index in [1.165, 1.54) is 185 Å². The maximum atomic E-state index is 2.62. The Bertz CT molecular complexity index is 4610. The molecule has 0 nitrogen and oxygen atoms in total. The molecule has 0 unspecified atom stereocenters. The van der Waals surface area contributed by atoms with Crippen LogP contribution in [-0.2, 0) is 0 Å². The summed E-state index contributed by atoms with van der Waals surface area (Å²) < 4.78 is 0. The second-order valence-electron chi connectivity index (χ2n) is 22.6. The van der Waals surface area contributed by atoms with Gasteiger partial charge in [0.25, 0.3) is 0 Å². The SMILES string of the molecule is Cc1cccc(C)c1-c1ccc2c3ccc4c5cc6c(C(C)C)c7c8ccc9c%10c(C(C)C)ccc%11cc(C(C)C)cc(c%12ccc(c7c(C(C)C)c6cc5c5ccc(c6cccc1c62)c3c54)c8c%129)c%11%10. The van der Waals surface area contributed by atoms with E-state index >= 15 is 0 Å². The van der Waals surface area contributed by atoms with Crippen molar-refractivity contribution < 1.29 is 0 Å². The van der Waals surface area contributed by atoms with Gasteiger partial charge >= 0.3 is 0 Å². The molecule has 0 saturated carbocycles. The van der Waals surface area contributed by atoms with Crippen LogP contribution in [0.4, 0.5) is 0 Å². The molecule has 336 valence electrons. The highest BCUT2D eigenvalue weighted by Gasteiger charge is 2.29. The van der Waals surface area contributed by atoms with Gasteiger partial charge in [0.15, 0.2) is 0 Å². The van der Waals surface area contributed by atoms with E-state index < -0.39 is 0 Å². The van der Waals surface area contributed by atoms with Gasteiger partial charge < -0.3 is 0 Å². The predicted molar refractivity (Wildman–Crippen MR) is 310 cm³/mol. The summed E-state index contributed by atoms with van der Waals surface area (Å²) >= 11 is 0. The molecule has 15 aromatic rings. The predicted octanol–water partition coefficient (Wildman–Crippen LogP) is 21.2. The maximum absolute atomic E-state index is 2.62. The molecule has 0 aliphatic heterocycles. The van der Waals surface area contributed by atoms with Crippen molar-refractivity contribution in [2.24, 2.45) is 0 Å². The summed E-state index contributed by atoms with van der Waals surface area (Å²) in [5, 5.41) is 36.3. The van der Waals surface area contributed by atoms with E-state index in [4.69, 9.17) is 0 Å². The number of aryl methyl sites for hydroxylation is 2. The first kappa shape index (κ1) is 40.6. The third kappa shape index (κ3) is 4.88. The largest absolute Gasteiger partial charge is 0.0617 e. The Balaban J connectivity index is 1.07. The smallest absolute Gasteiger partial charge is 0.00137 e. The summed E-state index contributed by atoms with van der Waals surface area (Å²) in [6.07, 6.45) is 0. The van der Waals surface area contributed by atoms with E-state index in [0.717, 1.165) is 0 Å².